The smallest absolute Gasteiger partial charge is 0.475 e. The summed E-state index contributed by atoms with van der Waals surface area (Å²) in [4.78, 5) is 17.2. The average Bonchev–Trinajstić information content (AvgIpc) is 3.41. The molecule has 4 rings (SSSR count). The summed E-state index contributed by atoms with van der Waals surface area (Å²) in [5.74, 6) is -2.09. The molecule has 4 heterocycles. The van der Waals surface area contributed by atoms with E-state index in [2.05, 4.69) is 32.7 Å². The number of rotatable bonds is 7. The second kappa shape index (κ2) is 11.9. The Hall–Kier alpha value is -2.02. The summed E-state index contributed by atoms with van der Waals surface area (Å²) in [6.07, 6.45) is 0.117. The molecule has 0 radical (unpaired) electrons. The predicted octanol–water partition coefficient (Wildman–Crippen LogP) is 3.67. The van der Waals surface area contributed by atoms with Gasteiger partial charge in [-0.3, -0.25) is 9.58 Å². The van der Waals surface area contributed by atoms with Crippen molar-refractivity contribution in [3.8, 4) is 0 Å². The topological polar surface area (TPSA) is 89.7 Å². The molecule has 1 atom stereocenters. The molecule has 1 saturated heterocycles. The van der Waals surface area contributed by atoms with Gasteiger partial charge in [-0.2, -0.15) is 18.3 Å². The minimum atomic E-state index is -5.08. The number of carboxylic acid groups (broad SMARTS) is 1. The standard InChI is InChI=1S/C19H28N4O2S.C2HF3O2/c1-15-19(26-14-20-15)12-22-10-17-2-6-21-23(17)18(11-22)5-9-25-13-16-3-7-24-8-4-16;3-2(4,5)1(6)7/h2,6,14,16,18H,3-5,7-13H2,1H3;(H,6,7). The van der Waals surface area contributed by atoms with Crippen molar-refractivity contribution in [1.29, 1.82) is 0 Å². The molecule has 0 bridgehead atoms. The van der Waals surface area contributed by atoms with Crippen LogP contribution in [0.4, 0.5) is 13.2 Å². The number of aromatic nitrogens is 3. The lowest BCUT2D eigenvalue weighted by atomic mass is 10.0. The van der Waals surface area contributed by atoms with Crippen LogP contribution in [0.25, 0.3) is 0 Å². The lowest BCUT2D eigenvalue weighted by molar-refractivity contribution is -0.192. The number of ether oxygens (including phenoxy) is 2. The van der Waals surface area contributed by atoms with E-state index in [0.717, 1.165) is 71.0 Å². The van der Waals surface area contributed by atoms with Gasteiger partial charge in [0.05, 0.1) is 22.9 Å². The second-order valence-electron chi connectivity index (χ2n) is 8.17. The molecule has 2 aromatic rings. The van der Waals surface area contributed by atoms with Gasteiger partial charge >= 0.3 is 12.1 Å². The van der Waals surface area contributed by atoms with Gasteiger partial charge in [0.25, 0.3) is 0 Å². The van der Waals surface area contributed by atoms with Crippen molar-refractivity contribution in [3.05, 3.63) is 34.0 Å². The summed E-state index contributed by atoms with van der Waals surface area (Å²) in [7, 11) is 0. The van der Waals surface area contributed by atoms with Crippen LogP contribution in [0.1, 0.15) is 41.6 Å². The number of thiazole rings is 1. The second-order valence-corrected chi connectivity index (χ2v) is 9.11. The molecule has 2 aromatic heterocycles. The van der Waals surface area contributed by atoms with Gasteiger partial charge in [0, 0.05) is 57.1 Å². The maximum Gasteiger partial charge on any atom is 0.490 e. The number of fused-ring (bicyclic) bond motifs is 1. The number of carbonyl (C=O) groups is 1. The third-order valence-corrected chi connectivity index (χ3v) is 6.62. The lowest BCUT2D eigenvalue weighted by Crippen LogP contribution is -2.37. The molecule has 0 amide bonds. The van der Waals surface area contributed by atoms with Gasteiger partial charge in [-0.1, -0.05) is 0 Å². The van der Waals surface area contributed by atoms with E-state index in [1.54, 1.807) is 11.3 Å². The number of hydrogen-bond donors (Lipinski definition) is 1. The molecular weight excluding hydrogens is 461 g/mol. The molecule has 184 valence electrons. The van der Waals surface area contributed by atoms with Crippen LogP contribution in [0.5, 0.6) is 0 Å². The normalized spacial score (nSPS) is 19.6. The van der Waals surface area contributed by atoms with Crippen molar-refractivity contribution in [2.24, 2.45) is 5.92 Å². The Morgan fingerprint density at radius 3 is 2.73 bits per heavy atom. The van der Waals surface area contributed by atoms with Crippen LogP contribution in [0, 0.1) is 12.8 Å². The molecule has 0 aliphatic carbocycles. The lowest BCUT2D eigenvalue weighted by Gasteiger charge is -2.34. The van der Waals surface area contributed by atoms with Gasteiger partial charge in [0.1, 0.15) is 0 Å². The molecule has 2 aliphatic heterocycles. The highest BCUT2D eigenvalue weighted by Gasteiger charge is 2.38. The highest BCUT2D eigenvalue weighted by Crippen LogP contribution is 2.26. The van der Waals surface area contributed by atoms with Crippen molar-refractivity contribution in [2.45, 2.75) is 51.5 Å². The third-order valence-electron chi connectivity index (χ3n) is 5.70. The summed E-state index contributed by atoms with van der Waals surface area (Å²) < 4.78 is 45.4. The first-order valence-electron chi connectivity index (χ1n) is 10.8. The first-order valence-corrected chi connectivity index (χ1v) is 11.7. The monoisotopic (exact) mass is 490 g/mol. The van der Waals surface area contributed by atoms with E-state index in [1.807, 2.05) is 11.7 Å². The van der Waals surface area contributed by atoms with E-state index in [4.69, 9.17) is 19.4 Å². The van der Waals surface area contributed by atoms with Crippen molar-refractivity contribution in [1.82, 2.24) is 19.7 Å². The summed E-state index contributed by atoms with van der Waals surface area (Å²) in [5.41, 5.74) is 4.40. The highest BCUT2D eigenvalue weighted by atomic mass is 32.1. The number of hydrogen-bond acceptors (Lipinski definition) is 7. The van der Waals surface area contributed by atoms with Crippen LogP contribution in [0.15, 0.2) is 17.8 Å². The SMILES string of the molecule is Cc1ncsc1CN1Cc2ccnn2C(CCOCC2CCOCC2)C1.O=C(O)C(F)(F)F. The first-order chi connectivity index (χ1) is 15.7. The Morgan fingerprint density at radius 1 is 1.36 bits per heavy atom. The maximum absolute atomic E-state index is 10.6. The number of aliphatic carboxylic acids is 1. The summed E-state index contributed by atoms with van der Waals surface area (Å²) in [5, 5.41) is 11.7. The molecular formula is C21H29F3N4O4S. The van der Waals surface area contributed by atoms with Crippen LogP contribution >= 0.6 is 11.3 Å². The third kappa shape index (κ3) is 7.76. The molecule has 1 fully saturated rings. The number of nitrogens with zero attached hydrogens (tertiary/aromatic N) is 4. The van der Waals surface area contributed by atoms with Crippen LogP contribution in [0.2, 0.25) is 0 Å². The van der Waals surface area contributed by atoms with E-state index in [-0.39, 0.29) is 0 Å². The minimum Gasteiger partial charge on any atom is -0.475 e. The van der Waals surface area contributed by atoms with Crippen LogP contribution in [-0.4, -0.2) is 69.9 Å². The molecule has 1 unspecified atom stereocenters. The number of halogens is 3. The Bertz CT molecular complexity index is 883. The number of alkyl halides is 3. The van der Waals surface area contributed by atoms with Gasteiger partial charge in [-0.25, -0.2) is 9.78 Å². The summed E-state index contributed by atoms with van der Waals surface area (Å²) in [6.45, 7) is 8.49. The van der Waals surface area contributed by atoms with Gasteiger partial charge in [0.15, 0.2) is 0 Å². The minimum absolute atomic E-state index is 0.386. The first kappa shape index (κ1) is 25.6. The molecule has 0 aromatic carbocycles. The van der Waals surface area contributed by atoms with E-state index in [9.17, 15) is 13.2 Å². The molecule has 1 N–H and O–H groups in total. The summed E-state index contributed by atoms with van der Waals surface area (Å²) in [6, 6.07) is 2.53. The fourth-order valence-corrected chi connectivity index (χ4v) is 4.68. The molecule has 0 saturated carbocycles. The quantitative estimate of drug-likeness (QED) is 0.593. The van der Waals surface area contributed by atoms with Crippen molar-refractivity contribution >= 4 is 17.3 Å². The summed E-state index contributed by atoms with van der Waals surface area (Å²) >= 11 is 1.75. The van der Waals surface area contributed by atoms with E-state index in [1.165, 1.54) is 10.6 Å². The Morgan fingerprint density at radius 2 is 2.09 bits per heavy atom. The Kier molecular flexibility index (Phi) is 9.24. The van der Waals surface area contributed by atoms with Gasteiger partial charge in [-0.15, -0.1) is 11.3 Å². The Balaban J connectivity index is 0.000000383. The maximum atomic E-state index is 10.6. The van der Waals surface area contributed by atoms with Crippen LogP contribution in [-0.2, 0) is 27.4 Å². The van der Waals surface area contributed by atoms with E-state index in [0.29, 0.717) is 12.0 Å². The van der Waals surface area contributed by atoms with Crippen molar-refractivity contribution < 1.29 is 32.5 Å². The average molecular weight is 491 g/mol. The van der Waals surface area contributed by atoms with Gasteiger partial charge in [-0.05, 0) is 38.2 Å². The van der Waals surface area contributed by atoms with Gasteiger partial charge in [0.2, 0.25) is 0 Å². The molecule has 12 heteroatoms. The fraction of sp³-hybridized carbons (Fsp3) is 0.667. The zero-order chi connectivity index (χ0) is 23.8. The van der Waals surface area contributed by atoms with Crippen molar-refractivity contribution in [3.63, 3.8) is 0 Å². The molecule has 0 spiro atoms. The van der Waals surface area contributed by atoms with Crippen LogP contribution < -0.4 is 0 Å². The largest absolute Gasteiger partial charge is 0.490 e. The van der Waals surface area contributed by atoms with Crippen LogP contribution in [0.3, 0.4) is 0 Å². The zero-order valence-corrected chi connectivity index (χ0v) is 19.3. The van der Waals surface area contributed by atoms with E-state index >= 15 is 0 Å². The molecule has 8 nitrogen and oxygen atoms in total. The van der Waals surface area contributed by atoms with E-state index < -0.39 is 12.1 Å². The Labute approximate surface area is 194 Å². The number of carboxylic acids is 1. The zero-order valence-electron chi connectivity index (χ0n) is 18.5. The number of aryl methyl sites for hydroxylation is 1. The van der Waals surface area contributed by atoms with Crippen molar-refractivity contribution in [2.75, 3.05) is 33.0 Å². The highest BCUT2D eigenvalue weighted by molar-refractivity contribution is 7.09. The fourth-order valence-electron chi connectivity index (χ4n) is 3.86. The molecule has 33 heavy (non-hydrogen) atoms. The van der Waals surface area contributed by atoms with Gasteiger partial charge < -0.3 is 14.6 Å². The predicted molar refractivity (Wildman–Crippen MR) is 115 cm³/mol. The molecule has 2 aliphatic rings.